The first kappa shape index (κ1) is 16.5. The number of nitrogens with one attached hydrogen (secondary N) is 1. The fourth-order valence-electron chi connectivity index (χ4n) is 3.51. The standard InChI is InChI=1S/C18H21N7O/c1-23-10-14(16-9-19-12-24(16)2)15(11-23)22-18(26)13-4-6-20-17(8-13)25-7-3-5-21-25/h3-9,12,14-15H,10-11H2,1-2H3,(H,22,26)/t14-,15-/m1/s1. The maximum Gasteiger partial charge on any atom is 0.251 e. The van der Waals surface area contributed by atoms with Gasteiger partial charge in [-0.1, -0.05) is 0 Å². The number of hydrogen-bond acceptors (Lipinski definition) is 5. The lowest BCUT2D eigenvalue weighted by atomic mass is 9.99. The van der Waals surface area contributed by atoms with E-state index in [2.05, 4.69) is 32.3 Å². The summed E-state index contributed by atoms with van der Waals surface area (Å²) in [4.78, 5) is 23.5. The number of carbonyl (C=O) groups excluding carboxylic acids is 1. The van der Waals surface area contributed by atoms with Crippen molar-refractivity contribution in [2.45, 2.75) is 12.0 Å². The minimum atomic E-state index is -0.103. The molecule has 4 rings (SSSR count). The Hall–Kier alpha value is -3.00. The van der Waals surface area contributed by atoms with Gasteiger partial charge in [0.15, 0.2) is 5.82 Å². The maximum atomic E-state index is 12.8. The molecule has 0 bridgehead atoms. The molecule has 1 aliphatic heterocycles. The third kappa shape index (κ3) is 3.11. The summed E-state index contributed by atoms with van der Waals surface area (Å²) in [7, 11) is 4.05. The molecule has 3 aromatic heterocycles. The second kappa shape index (κ2) is 6.72. The Morgan fingerprint density at radius 1 is 1.27 bits per heavy atom. The van der Waals surface area contributed by atoms with Gasteiger partial charge in [0.25, 0.3) is 5.91 Å². The monoisotopic (exact) mass is 351 g/mol. The molecule has 0 aliphatic carbocycles. The van der Waals surface area contributed by atoms with Crippen LogP contribution in [0.3, 0.4) is 0 Å². The van der Waals surface area contributed by atoms with Crippen LogP contribution in [-0.2, 0) is 7.05 Å². The number of amides is 1. The molecule has 26 heavy (non-hydrogen) atoms. The molecule has 134 valence electrons. The second-order valence-corrected chi connectivity index (χ2v) is 6.69. The molecule has 0 aromatic carbocycles. The Morgan fingerprint density at radius 3 is 2.88 bits per heavy atom. The van der Waals surface area contributed by atoms with Gasteiger partial charge in [-0.2, -0.15) is 5.10 Å². The largest absolute Gasteiger partial charge is 0.347 e. The van der Waals surface area contributed by atoms with Gasteiger partial charge in [-0.05, 0) is 25.2 Å². The van der Waals surface area contributed by atoms with Crippen LogP contribution in [0.5, 0.6) is 0 Å². The Morgan fingerprint density at radius 2 is 2.15 bits per heavy atom. The van der Waals surface area contributed by atoms with Crippen LogP contribution in [0.4, 0.5) is 0 Å². The molecule has 0 spiro atoms. The zero-order valence-electron chi connectivity index (χ0n) is 14.8. The van der Waals surface area contributed by atoms with E-state index in [-0.39, 0.29) is 17.9 Å². The second-order valence-electron chi connectivity index (χ2n) is 6.69. The highest BCUT2D eigenvalue weighted by atomic mass is 16.1. The molecule has 1 amide bonds. The van der Waals surface area contributed by atoms with Gasteiger partial charge in [-0.25, -0.2) is 14.6 Å². The van der Waals surface area contributed by atoms with E-state index in [9.17, 15) is 4.79 Å². The summed E-state index contributed by atoms with van der Waals surface area (Å²) in [5, 5.41) is 7.35. The van der Waals surface area contributed by atoms with Crippen molar-refractivity contribution in [3.05, 3.63) is 60.6 Å². The molecule has 1 saturated heterocycles. The summed E-state index contributed by atoms with van der Waals surface area (Å²) < 4.78 is 3.66. The molecule has 1 fully saturated rings. The average Bonchev–Trinajstić information content (AvgIpc) is 3.36. The van der Waals surface area contributed by atoms with E-state index in [1.54, 1.807) is 41.7 Å². The average molecular weight is 351 g/mol. The minimum Gasteiger partial charge on any atom is -0.347 e. The molecule has 1 N–H and O–H groups in total. The number of aryl methyl sites for hydroxylation is 1. The third-order valence-corrected chi connectivity index (χ3v) is 4.80. The summed E-state index contributed by atoms with van der Waals surface area (Å²) in [6, 6.07) is 5.32. The van der Waals surface area contributed by atoms with Gasteiger partial charge in [0.1, 0.15) is 0 Å². The van der Waals surface area contributed by atoms with E-state index in [1.165, 1.54) is 0 Å². The highest BCUT2D eigenvalue weighted by Gasteiger charge is 2.34. The predicted molar refractivity (Wildman–Crippen MR) is 96.1 cm³/mol. The molecule has 0 saturated carbocycles. The van der Waals surface area contributed by atoms with Crippen LogP contribution in [0.15, 0.2) is 49.3 Å². The van der Waals surface area contributed by atoms with Gasteiger partial charge in [0, 0.05) is 62.1 Å². The molecule has 0 radical (unpaired) electrons. The number of aromatic nitrogens is 5. The van der Waals surface area contributed by atoms with Crippen molar-refractivity contribution in [1.82, 2.24) is 34.5 Å². The van der Waals surface area contributed by atoms with Crippen LogP contribution in [0.1, 0.15) is 22.0 Å². The molecule has 2 atom stereocenters. The maximum absolute atomic E-state index is 12.8. The van der Waals surface area contributed by atoms with E-state index >= 15 is 0 Å². The van der Waals surface area contributed by atoms with Crippen LogP contribution in [0, 0.1) is 0 Å². The molecule has 0 unspecified atom stereocenters. The SMILES string of the molecule is CN1C[C@@H](NC(=O)c2ccnc(-n3cccn3)c2)[C@H](c2cncn2C)C1. The van der Waals surface area contributed by atoms with Gasteiger partial charge >= 0.3 is 0 Å². The van der Waals surface area contributed by atoms with Crippen LogP contribution in [0.2, 0.25) is 0 Å². The Balaban J connectivity index is 1.54. The number of rotatable bonds is 4. The molecular weight excluding hydrogens is 330 g/mol. The summed E-state index contributed by atoms with van der Waals surface area (Å²) in [6.45, 7) is 1.69. The number of pyridine rings is 1. The van der Waals surface area contributed by atoms with E-state index in [1.807, 2.05) is 23.9 Å². The van der Waals surface area contributed by atoms with Gasteiger partial charge in [-0.15, -0.1) is 0 Å². The molecule has 8 nitrogen and oxygen atoms in total. The molecule has 3 aromatic rings. The normalized spacial score (nSPS) is 20.4. The number of likely N-dealkylation sites (tertiary alicyclic amines) is 1. The zero-order chi connectivity index (χ0) is 18.1. The predicted octanol–water partition coefficient (Wildman–Crippen LogP) is 0.828. The molecule has 8 heteroatoms. The fraction of sp³-hybridized carbons (Fsp3) is 0.333. The van der Waals surface area contributed by atoms with E-state index in [0.717, 1.165) is 18.8 Å². The molecule has 4 heterocycles. The quantitative estimate of drug-likeness (QED) is 0.753. The van der Waals surface area contributed by atoms with Crippen LogP contribution in [0.25, 0.3) is 5.82 Å². The number of nitrogens with zero attached hydrogens (tertiary/aromatic N) is 6. The van der Waals surface area contributed by atoms with E-state index in [0.29, 0.717) is 11.4 Å². The fourth-order valence-corrected chi connectivity index (χ4v) is 3.51. The zero-order valence-corrected chi connectivity index (χ0v) is 14.8. The number of hydrogen-bond donors (Lipinski definition) is 1. The van der Waals surface area contributed by atoms with Crippen molar-refractivity contribution in [3.63, 3.8) is 0 Å². The molecule has 1 aliphatic rings. The number of carbonyl (C=O) groups is 1. The van der Waals surface area contributed by atoms with Crippen molar-refractivity contribution in [2.24, 2.45) is 7.05 Å². The Bertz CT molecular complexity index is 902. The van der Waals surface area contributed by atoms with Crippen LogP contribution < -0.4 is 5.32 Å². The lowest BCUT2D eigenvalue weighted by molar-refractivity contribution is 0.0935. The Labute approximate surface area is 151 Å². The highest BCUT2D eigenvalue weighted by Crippen LogP contribution is 2.26. The number of imidazole rings is 1. The first-order chi connectivity index (χ1) is 12.6. The van der Waals surface area contributed by atoms with Gasteiger partial charge < -0.3 is 14.8 Å². The first-order valence-electron chi connectivity index (χ1n) is 8.53. The van der Waals surface area contributed by atoms with Crippen molar-refractivity contribution in [2.75, 3.05) is 20.1 Å². The summed E-state index contributed by atoms with van der Waals surface area (Å²) in [6.07, 6.45) is 8.79. The smallest absolute Gasteiger partial charge is 0.251 e. The Kier molecular flexibility index (Phi) is 4.26. The van der Waals surface area contributed by atoms with E-state index in [4.69, 9.17) is 0 Å². The van der Waals surface area contributed by atoms with Crippen LogP contribution >= 0.6 is 0 Å². The van der Waals surface area contributed by atoms with Gasteiger partial charge in [-0.3, -0.25) is 4.79 Å². The van der Waals surface area contributed by atoms with E-state index < -0.39 is 0 Å². The van der Waals surface area contributed by atoms with Crippen molar-refractivity contribution in [3.8, 4) is 5.82 Å². The van der Waals surface area contributed by atoms with Crippen LogP contribution in [-0.4, -0.2) is 61.3 Å². The summed E-state index contributed by atoms with van der Waals surface area (Å²) in [5.41, 5.74) is 1.70. The van der Waals surface area contributed by atoms with Gasteiger partial charge in [0.2, 0.25) is 0 Å². The van der Waals surface area contributed by atoms with Crippen molar-refractivity contribution >= 4 is 5.91 Å². The summed E-state index contributed by atoms with van der Waals surface area (Å²) in [5.74, 6) is 0.728. The first-order valence-corrected chi connectivity index (χ1v) is 8.53. The molecular formula is C18H21N7O. The van der Waals surface area contributed by atoms with Crippen molar-refractivity contribution < 1.29 is 4.79 Å². The lowest BCUT2D eigenvalue weighted by Crippen LogP contribution is -2.40. The topological polar surface area (TPSA) is 80.9 Å². The number of likely N-dealkylation sites (N-methyl/N-ethyl adjacent to an activating group) is 1. The highest BCUT2D eigenvalue weighted by molar-refractivity contribution is 5.94. The lowest BCUT2D eigenvalue weighted by Gasteiger charge is -2.20. The van der Waals surface area contributed by atoms with Crippen molar-refractivity contribution in [1.29, 1.82) is 0 Å². The minimum absolute atomic E-state index is 0.0317. The summed E-state index contributed by atoms with van der Waals surface area (Å²) >= 11 is 0. The third-order valence-electron chi connectivity index (χ3n) is 4.80. The van der Waals surface area contributed by atoms with Gasteiger partial charge in [0.05, 0.1) is 12.4 Å².